The summed E-state index contributed by atoms with van der Waals surface area (Å²) in [6.45, 7) is 15.7. The molecule has 0 saturated heterocycles. The van der Waals surface area contributed by atoms with E-state index < -0.39 is 0 Å². The molecule has 20 heavy (non-hydrogen) atoms. The summed E-state index contributed by atoms with van der Waals surface area (Å²) in [4.78, 5) is 14.6. The van der Waals surface area contributed by atoms with Gasteiger partial charge < -0.3 is 4.90 Å². The van der Waals surface area contributed by atoms with E-state index in [9.17, 15) is 4.79 Å². The highest BCUT2D eigenvalue weighted by Gasteiger charge is 2.25. The van der Waals surface area contributed by atoms with Crippen molar-refractivity contribution in [3.05, 3.63) is 34.9 Å². The van der Waals surface area contributed by atoms with E-state index >= 15 is 0 Å². The highest BCUT2D eigenvalue weighted by atomic mass is 16.2. The molecule has 1 amide bonds. The number of hydrogen-bond acceptors (Lipinski definition) is 1. The fourth-order valence-electron chi connectivity index (χ4n) is 2.45. The van der Waals surface area contributed by atoms with Crippen molar-refractivity contribution >= 4 is 5.91 Å². The Balaban J connectivity index is 3.17. The van der Waals surface area contributed by atoms with Crippen LogP contribution in [0.3, 0.4) is 0 Å². The van der Waals surface area contributed by atoms with Crippen molar-refractivity contribution < 1.29 is 4.79 Å². The normalized spacial score (nSPS) is 12.4. The zero-order valence-corrected chi connectivity index (χ0v) is 14.3. The minimum absolute atomic E-state index is 0.0282. The second-order valence-corrected chi connectivity index (χ2v) is 8.02. The Morgan fingerprint density at radius 3 is 2.10 bits per heavy atom. The fourth-order valence-corrected chi connectivity index (χ4v) is 2.45. The fraction of sp³-hybridized carbons (Fsp3) is 0.611. The SMILES string of the molecule is Cc1ccc(C(=O)N(C)CC(C)(C)C)c(C(C)(C)C)c1. The van der Waals surface area contributed by atoms with Crippen molar-refractivity contribution in [2.24, 2.45) is 5.41 Å². The summed E-state index contributed by atoms with van der Waals surface area (Å²) in [7, 11) is 1.89. The van der Waals surface area contributed by atoms with Gasteiger partial charge in [-0.15, -0.1) is 0 Å². The van der Waals surface area contributed by atoms with Crippen LogP contribution in [0.4, 0.5) is 0 Å². The van der Waals surface area contributed by atoms with Gasteiger partial charge in [-0.3, -0.25) is 4.79 Å². The smallest absolute Gasteiger partial charge is 0.253 e. The van der Waals surface area contributed by atoms with Crippen molar-refractivity contribution in [1.29, 1.82) is 0 Å². The van der Waals surface area contributed by atoms with Crippen molar-refractivity contribution in [2.75, 3.05) is 13.6 Å². The quantitative estimate of drug-likeness (QED) is 0.783. The van der Waals surface area contributed by atoms with Gasteiger partial charge in [0.05, 0.1) is 0 Å². The highest BCUT2D eigenvalue weighted by Crippen LogP contribution is 2.28. The van der Waals surface area contributed by atoms with Gasteiger partial charge >= 0.3 is 0 Å². The number of carbonyl (C=O) groups excluding carboxylic acids is 1. The molecule has 0 saturated carbocycles. The number of aryl methyl sites for hydroxylation is 1. The maximum Gasteiger partial charge on any atom is 0.253 e. The molecule has 0 aliphatic heterocycles. The molecule has 112 valence electrons. The second kappa shape index (κ2) is 5.59. The van der Waals surface area contributed by atoms with E-state index in [-0.39, 0.29) is 16.7 Å². The lowest BCUT2D eigenvalue weighted by Crippen LogP contribution is -2.35. The van der Waals surface area contributed by atoms with E-state index in [1.807, 2.05) is 24.1 Å². The molecule has 0 heterocycles. The van der Waals surface area contributed by atoms with E-state index in [2.05, 4.69) is 54.5 Å². The number of rotatable bonds is 2. The molecule has 1 aromatic carbocycles. The van der Waals surface area contributed by atoms with Gasteiger partial charge in [-0.1, -0.05) is 59.2 Å². The number of carbonyl (C=O) groups is 1. The van der Waals surface area contributed by atoms with E-state index in [0.717, 1.165) is 17.7 Å². The first-order valence-electron chi connectivity index (χ1n) is 7.28. The molecule has 0 aliphatic rings. The molecule has 0 N–H and O–H groups in total. The predicted octanol–water partition coefficient (Wildman–Crippen LogP) is 4.41. The Morgan fingerprint density at radius 2 is 1.65 bits per heavy atom. The molecule has 0 spiro atoms. The first-order chi connectivity index (χ1) is 8.92. The van der Waals surface area contributed by atoms with Crippen molar-refractivity contribution in [1.82, 2.24) is 4.90 Å². The van der Waals surface area contributed by atoms with Crippen LogP contribution in [0.1, 0.15) is 63.0 Å². The van der Waals surface area contributed by atoms with Gasteiger partial charge in [-0.2, -0.15) is 0 Å². The van der Waals surface area contributed by atoms with E-state index in [4.69, 9.17) is 0 Å². The molecule has 1 aromatic rings. The first-order valence-corrected chi connectivity index (χ1v) is 7.28. The summed E-state index contributed by atoms with van der Waals surface area (Å²) >= 11 is 0. The number of benzene rings is 1. The lowest BCUT2D eigenvalue weighted by Gasteiger charge is -2.29. The van der Waals surface area contributed by atoms with E-state index in [1.165, 1.54) is 5.56 Å². The van der Waals surface area contributed by atoms with Crippen LogP contribution in [0.2, 0.25) is 0 Å². The minimum Gasteiger partial charge on any atom is -0.341 e. The van der Waals surface area contributed by atoms with Gasteiger partial charge in [0.1, 0.15) is 0 Å². The van der Waals surface area contributed by atoms with Crippen LogP contribution in [-0.2, 0) is 5.41 Å². The third-order valence-electron chi connectivity index (χ3n) is 3.27. The number of amides is 1. The van der Waals surface area contributed by atoms with Gasteiger partial charge in [-0.25, -0.2) is 0 Å². The first kappa shape index (κ1) is 16.7. The highest BCUT2D eigenvalue weighted by molar-refractivity contribution is 5.96. The van der Waals surface area contributed by atoms with Gasteiger partial charge in [0.15, 0.2) is 0 Å². The number of nitrogens with zero attached hydrogens (tertiary/aromatic N) is 1. The van der Waals surface area contributed by atoms with Gasteiger partial charge in [0, 0.05) is 19.2 Å². The van der Waals surface area contributed by atoms with E-state index in [0.29, 0.717) is 0 Å². The molecule has 0 fully saturated rings. The van der Waals surface area contributed by atoms with Crippen LogP contribution in [0, 0.1) is 12.3 Å². The maximum atomic E-state index is 12.7. The lowest BCUT2D eigenvalue weighted by atomic mass is 9.82. The Kier molecular flexibility index (Phi) is 4.68. The molecule has 0 unspecified atom stereocenters. The topological polar surface area (TPSA) is 20.3 Å². The van der Waals surface area contributed by atoms with Crippen molar-refractivity contribution in [3.8, 4) is 0 Å². The maximum absolute atomic E-state index is 12.7. The van der Waals surface area contributed by atoms with Crippen LogP contribution in [-0.4, -0.2) is 24.4 Å². The standard InChI is InChI=1S/C18H29NO/c1-13-9-10-14(15(11-13)18(5,6)7)16(20)19(8)12-17(2,3)4/h9-11H,12H2,1-8H3. The van der Waals surface area contributed by atoms with Gasteiger partial charge in [-0.05, 0) is 29.4 Å². The second-order valence-electron chi connectivity index (χ2n) is 8.02. The monoisotopic (exact) mass is 275 g/mol. The molecule has 0 bridgehead atoms. The predicted molar refractivity (Wildman–Crippen MR) is 86.3 cm³/mol. The summed E-state index contributed by atoms with van der Waals surface area (Å²) in [6, 6.07) is 6.13. The summed E-state index contributed by atoms with van der Waals surface area (Å²) in [5.74, 6) is 0.116. The average Bonchev–Trinajstić information content (AvgIpc) is 2.24. The molecular formula is C18H29NO. The average molecular weight is 275 g/mol. The summed E-state index contributed by atoms with van der Waals surface area (Å²) in [5.41, 5.74) is 3.24. The molecular weight excluding hydrogens is 246 g/mol. The minimum atomic E-state index is -0.0282. The lowest BCUT2D eigenvalue weighted by molar-refractivity contribution is 0.0743. The summed E-state index contributed by atoms with van der Waals surface area (Å²) in [5, 5.41) is 0. The molecule has 0 atom stereocenters. The largest absolute Gasteiger partial charge is 0.341 e. The Labute approximate surface area is 124 Å². The summed E-state index contributed by atoms with van der Waals surface area (Å²) < 4.78 is 0. The molecule has 0 radical (unpaired) electrons. The van der Waals surface area contributed by atoms with Crippen LogP contribution in [0.25, 0.3) is 0 Å². The molecule has 0 aliphatic carbocycles. The Morgan fingerprint density at radius 1 is 1.10 bits per heavy atom. The number of hydrogen-bond donors (Lipinski definition) is 0. The zero-order valence-electron chi connectivity index (χ0n) is 14.3. The summed E-state index contributed by atoms with van der Waals surface area (Å²) in [6.07, 6.45) is 0. The van der Waals surface area contributed by atoms with Crippen LogP contribution >= 0.6 is 0 Å². The van der Waals surface area contributed by atoms with Gasteiger partial charge in [0.25, 0.3) is 5.91 Å². The zero-order chi connectivity index (χ0) is 15.7. The van der Waals surface area contributed by atoms with Crippen molar-refractivity contribution in [3.63, 3.8) is 0 Å². The van der Waals surface area contributed by atoms with Crippen LogP contribution < -0.4 is 0 Å². The van der Waals surface area contributed by atoms with Gasteiger partial charge in [0.2, 0.25) is 0 Å². The third-order valence-corrected chi connectivity index (χ3v) is 3.27. The van der Waals surface area contributed by atoms with E-state index in [1.54, 1.807) is 0 Å². The van der Waals surface area contributed by atoms with Crippen molar-refractivity contribution in [2.45, 2.75) is 53.9 Å². The third kappa shape index (κ3) is 4.36. The van der Waals surface area contributed by atoms with Crippen LogP contribution in [0.15, 0.2) is 18.2 Å². The molecule has 0 aromatic heterocycles. The molecule has 2 heteroatoms. The Bertz CT molecular complexity index is 489. The molecule has 2 nitrogen and oxygen atoms in total. The van der Waals surface area contributed by atoms with Crippen LogP contribution in [0.5, 0.6) is 0 Å². The Hall–Kier alpha value is -1.31. The molecule has 1 rings (SSSR count).